The van der Waals surface area contributed by atoms with E-state index in [1.807, 2.05) is 0 Å². The molecule has 0 saturated carbocycles. The van der Waals surface area contributed by atoms with Crippen LogP contribution in [0.15, 0.2) is 21.5 Å². The first-order chi connectivity index (χ1) is 11.5. The number of methoxy groups -OCH3 is 2. The van der Waals surface area contributed by atoms with Crippen molar-refractivity contribution in [2.75, 3.05) is 20.8 Å². The number of thioether (sulfide) groups is 1. The number of ether oxygens (including phenoxy) is 2. The highest BCUT2D eigenvalue weighted by Gasteiger charge is 2.34. The highest BCUT2D eigenvalue weighted by Crippen LogP contribution is 2.37. The molecule has 130 valence electrons. The maximum atomic E-state index is 12.4. The lowest BCUT2D eigenvalue weighted by Gasteiger charge is -2.12. The highest BCUT2D eigenvalue weighted by molar-refractivity contribution is 9.10. The third kappa shape index (κ3) is 4.13. The summed E-state index contributed by atoms with van der Waals surface area (Å²) in [5.41, 5.74) is 0.756. The Kier molecular flexibility index (Phi) is 6.74. The zero-order chi connectivity index (χ0) is 17.7. The van der Waals surface area contributed by atoms with Crippen molar-refractivity contribution in [3.8, 4) is 11.5 Å². The Balaban J connectivity index is 2.25. The minimum Gasteiger partial charge on any atom is -0.493 e. The van der Waals surface area contributed by atoms with Crippen LogP contribution >= 0.6 is 27.7 Å². The van der Waals surface area contributed by atoms with Gasteiger partial charge in [-0.25, -0.2) is 0 Å². The number of hydrogen-bond acceptors (Lipinski definition) is 5. The lowest BCUT2D eigenvalue weighted by atomic mass is 10.1. The second kappa shape index (κ2) is 8.58. The number of carbonyl (C=O) groups excluding carboxylic acids is 2. The Bertz CT molecular complexity index is 675. The van der Waals surface area contributed by atoms with Gasteiger partial charge in [0.1, 0.15) is 0 Å². The lowest BCUT2D eigenvalue weighted by Crippen LogP contribution is -2.29. The van der Waals surface area contributed by atoms with Gasteiger partial charge in [0.15, 0.2) is 11.5 Å². The monoisotopic (exact) mass is 413 g/mol. The summed E-state index contributed by atoms with van der Waals surface area (Å²) < 4.78 is 11.3. The molecule has 0 spiro atoms. The fourth-order valence-electron chi connectivity index (χ4n) is 2.33. The van der Waals surface area contributed by atoms with Crippen LogP contribution in [0.25, 0.3) is 6.08 Å². The van der Waals surface area contributed by atoms with E-state index in [4.69, 9.17) is 9.47 Å². The molecule has 1 aromatic rings. The molecule has 1 aliphatic heterocycles. The normalized spacial score (nSPS) is 16.2. The van der Waals surface area contributed by atoms with Gasteiger partial charge in [0.05, 0.1) is 19.1 Å². The van der Waals surface area contributed by atoms with Crippen molar-refractivity contribution in [1.29, 1.82) is 0 Å². The molecule has 0 aliphatic carbocycles. The van der Waals surface area contributed by atoms with E-state index in [1.54, 1.807) is 32.4 Å². The average molecular weight is 414 g/mol. The SMILES string of the molecule is CCCCCN1C(=O)S/C(=C\c2cc(OC)c(OC)cc2Br)C1=O. The van der Waals surface area contributed by atoms with Gasteiger partial charge in [0, 0.05) is 11.0 Å². The first-order valence-electron chi connectivity index (χ1n) is 7.68. The van der Waals surface area contributed by atoms with E-state index in [-0.39, 0.29) is 11.1 Å². The molecule has 1 heterocycles. The van der Waals surface area contributed by atoms with Gasteiger partial charge in [-0.15, -0.1) is 0 Å². The highest BCUT2D eigenvalue weighted by atomic mass is 79.9. The molecule has 0 unspecified atom stereocenters. The van der Waals surface area contributed by atoms with Gasteiger partial charge < -0.3 is 9.47 Å². The molecule has 1 fully saturated rings. The van der Waals surface area contributed by atoms with Crippen LogP contribution in [0.3, 0.4) is 0 Å². The molecule has 24 heavy (non-hydrogen) atoms. The van der Waals surface area contributed by atoms with Gasteiger partial charge in [0.25, 0.3) is 11.1 Å². The summed E-state index contributed by atoms with van der Waals surface area (Å²) >= 11 is 4.43. The maximum Gasteiger partial charge on any atom is 0.293 e. The van der Waals surface area contributed by atoms with Crippen molar-refractivity contribution >= 4 is 44.9 Å². The quantitative estimate of drug-likeness (QED) is 0.479. The fraction of sp³-hybridized carbons (Fsp3) is 0.412. The zero-order valence-corrected chi connectivity index (χ0v) is 16.3. The summed E-state index contributed by atoms with van der Waals surface area (Å²) in [4.78, 5) is 26.2. The van der Waals surface area contributed by atoms with Crippen LogP contribution < -0.4 is 9.47 Å². The Hall–Kier alpha value is -1.47. The minimum absolute atomic E-state index is 0.209. The van der Waals surface area contributed by atoms with Crippen LogP contribution in [0.5, 0.6) is 11.5 Å². The van der Waals surface area contributed by atoms with Crippen LogP contribution in [0.2, 0.25) is 0 Å². The number of imide groups is 1. The summed E-state index contributed by atoms with van der Waals surface area (Å²) in [5, 5.41) is -0.209. The van der Waals surface area contributed by atoms with Crippen molar-refractivity contribution in [3.05, 3.63) is 27.1 Å². The number of rotatable bonds is 7. The number of unbranched alkanes of at least 4 members (excludes halogenated alkanes) is 2. The first-order valence-corrected chi connectivity index (χ1v) is 9.29. The number of hydrogen-bond donors (Lipinski definition) is 0. The Morgan fingerprint density at radius 2 is 1.83 bits per heavy atom. The standard InChI is InChI=1S/C17H20BrNO4S/c1-4-5-6-7-19-16(20)15(24-17(19)21)9-11-8-13(22-2)14(23-3)10-12(11)18/h8-10H,4-7H2,1-3H3/b15-9-. The number of carbonyl (C=O) groups is 2. The van der Waals surface area contributed by atoms with Crippen molar-refractivity contribution in [2.24, 2.45) is 0 Å². The van der Waals surface area contributed by atoms with E-state index in [0.29, 0.717) is 22.9 Å². The smallest absolute Gasteiger partial charge is 0.293 e. The molecule has 5 nitrogen and oxygen atoms in total. The third-order valence-corrected chi connectivity index (χ3v) is 5.24. The van der Waals surface area contributed by atoms with Crippen molar-refractivity contribution in [2.45, 2.75) is 26.2 Å². The van der Waals surface area contributed by atoms with Crippen LogP contribution in [0.4, 0.5) is 4.79 Å². The predicted octanol–water partition coefficient (Wildman–Crippen LogP) is 4.69. The van der Waals surface area contributed by atoms with Gasteiger partial charge >= 0.3 is 0 Å². The van der Waals surface area contributed by atoms with E-state index >= 15 is 0 Å². The van der Waals surface area contributed by atoms with Crippen LogP contribution in [0, 0.1) is 0 Å². The Labute approximate surface area is 154 Å². The van der Waals surface area contributed by atoms with Crippen molar-refractivity contribution in [3.63, 3.8) is 0 Å². The summed E-state index contributed by atoms with van der Waals surface area (Å²) in [6, 6.07) is 3.55. The number of amides is 2. The number of halogens is 1. The fourth-order valence-corrected chi connectivity index (χ4v) is 3.63. The topological polar surface area (TPSA) is 55.8 Å². The second-order valence-corrected chi connectivity index (χ2v) is 7.12. The molecule has 1 aliphatic rings. The van der Waals surface area contributed by atoms with Crippen LogP contribution in [-0.2, 0) is 4.79 Å². The molecular weight excluding hydrogens is 394 g/mol. The molecule has 2 rings (SSSR count). The summed E-state index contributed by atoms with van der Waals surface area (Å²) in [6.07, 6.45) is 4.59. The predicted molar refractivity (Wildman–Crippen MR) is 99.4 cm³/mol. The third-order valence-electron chi connectivity index (χ3n) is 3.65. The van der Waals surface area contributed by atoms with E-state index in [2.05, 4.69) is 22.9 Å². The van der Waals surface area contributed by atoms with Crippen LogP contribution in [0.1, 0.15) is 31.7 Å². The molecule has 7 heteroatoms. The van der Waals surface area contributed by atoms with E-state index in [0.717, 1.165) is 41.1 Å². The minimum atomic E-state index is -0.234. The number of benzene rings is 1. The Morgan fingerprint density at radius 3 is 2.46 bits per heavy atom. The summed E-state index contributed by atoms with van der Waals surface area (Å²) in [7, 11) is 3.11. The molecule has 0 bridgehead atoms. The van der Waals surface area contributed by atoms with E-state index < -0.39 is 0 Å². The zero-order valence-electron chi connectivity index (χ0n) is 13.9. The van der Waals surface area contributed by atoms with E-state index in [1.165, 1.54) is 4.90 Å². The van der Waals surface area contributed by atoms with Gasteiger partial charge in [-0.2, -0.15) is 0 Å². The second-order valence-electron chi connectivity index (χ2n) is 5.27. The van der Waals surface area contributed by atoms with Gasteiger partial charge in [-0.3, -0.25) is 14.5 Å². The average Bonchev–Trinajstić information content (AvgIpc) is 2.83. The molecule has 0 aromatic heterocycles. The van der Waals surface area contributed by atoms with Gasteiger partial charge in [-0.05, 0) is 42.0 Å². The largest absolute Gasteiger partial charge is 0.493 e. The molecule has 0 N–H and O–H groups in total. The molecule has 2 amide bonds. The van der Waals surface area contributed by atoms with Crippen molar-refractivity contribution < 1.29 is 19.1 Å². The van der Waals surface area contributed by atoms with Crippen LogP contribution in [-0.4, -0.2) is 36.8 Å². The molecule has 0 atom stereocenters. The lowest BCUT2D eigenvalue weighted by molar-refractivity contribution is -0.122. The Morgan fingerprint density at radius 1 is 1.17 bits per heavy atom. The first kappa shape index (κ1) is 18.9. The van der Waals surface area contributed by atoms with Gasteiger partial charge in [-0.1, -0.05) is 35.7 Å². The summed E-state index contributed by atoms with van der Waals surface area (Å²) in [6.45, 7) is 2.56. The van der Waals surface area contributed by atoms with Crippen molar-refractivity contribution in [1.82, 2.24) is 4.90 Å². The van der Waals surface area contributed by atoms with Gasteiger partial charge in [0.2, 0.25) is 0 Å². The molecular formula is C17H20BrNO4S. The van der Waals surface area contributed by atoms with E-state index in [9.17, 15) is 9.59 Å². The number of nitrogens with zero attached hydrogens (tertiary/aromatic N) is 1. The maximum absolute atomic E-state index is 12.4. The molecule has 1 aromatic carbocycles. The summed E-state index contributed by atoms with van der Waals surface area (Å²) in [5.74, 6) is 0.922. The molecule has 0 radical (unpaired) electrons. The molecule has 1 saturated heterocycles.